The van der Waals surface area contributed by atoms with Crippen LogP contribution in [0.25, 0.3) is 0 Å². The molecule has 0 bridgehead atoms. The zero-order chi connectivity index (χ0) is 20.7. The molecule has 1 unspecified atom stereocenters. The lowest BCUT2D eigenvalue weighted by Gasteiger charge is -2.46. The predicted molar refractivity (Wildman–Crippen MR) is 111 cm³/mol. The van der Waals surface area contributed by atoms with Crippen LogP contribution in [0, 0.1) is 0 Å². The fraction of sp³-hybridized carbons (Fsp3) is 0.684. The van der Waals surface area contributed by atoms with Crippen LogP contribution < -0.4 is 11.1 Å². The Morgan fingerprint density at radius 3 is 2.18 bits per heavy atom. The Kier molecular flexibility index (Phi) is 8.40. The van der Waals surface area contributed by atoms with Gasteiger partial charge in [-0.05, 0) is 25.0 Å². The molecule has 1 fully saturated rings. The van der Waals surface area contributed by atoms with Crippen molar-refractivity contribution < 1.29 is 23.1 Å². The summed E-state index contributed by atoms with van der Waals surface area (Å²) in [6.07, 6.45) is 1.55. The minimum absolute atomic E-state index is 0.473. The average molecular weight is 414 g/mol. The number of para-hydroxylation sites is 1. The molecule has 1 heterocycles. The van der Waals surface area contributed by atoms with E-state index in [0.29, 0.717) is 26.1 Å². The lowest BCUT2D eigenvalue weighted by atomic mass is 9.95. The molecule has 1 aliphatic heterocycles. The van der Waals surface area contributed by atoms with Gasteiger partial charge in [-0.3, -0.25) is 4.57 Å². The molecule has 0 aliphatic carbocycles. The first-order chi connectivity index (χ1) is 13.5. The highest BCUT2D eigenvalue weighted by Gasteiger charge is 2.79. The van der Waals surface area contributed by atoms with E-state index in [1.807, 2.05) is 30.3 Å². The molecule has 9 heteroatoms. The third-order valence-electron chi connectivity index (χ3n) is 5.66. The van der Waals surface area contributed by atoms with E-state index in [9.17, 15) is 0 Å². The molecule has 0 radical (unpaired) electrons. The maximum absolute atomic E-state index is 6.10. The summed E-state index contributed by atoms with van der Waals surface area (Å²) in [5, 5.41) is 3.44. The molecule has 1 aromatic rings. The summed E-state index contributed by atoms with van der Waals surface area (Å²) >= 11 is 0. The van der Waals surface area contributed by atoms with Gasteiger partial charge < -0.3 is 34.1 Å². The van der Waals surface area contributed by atoms with Crippen LogP contribution in [-0.4, -0.2) is 86.0 Å². The van der Waals surface area contributed by atoms with Gasteiger partial charge in [0.05, 0.1) is 0 Å². The largest absolute Gasteiger partial charge is 0.493 e. The Morgan fingerprint density at radius 2 is 1.68 bits per heavy atom. The van der Waals surface area contributed by atoms with Crippen LogP contribution in [0.4, 0.5) is 5.69 Å². The highest BCUT2D eigenvalue weighted by atomic mass is 28.4. The van der Waals surface area contributed by atoms with Crippen LogP contribution >= 0.6 is 0 Å². The van der Waals surface area contributed by atoms with Crippen molar-refractivity contribution in [1.29, 1.82) is 0 Å². The van der Waals surface area contributed by atoms with Gasteiger partial charge in [-0.2, -0.15) is 0 Å². The molecule has 1 saturated heterocycles. The first-order valence-corrected chi connectivity index (χ1v) is 11.3. The molecule has 1 atom stereocenters. The predicted octanol–water partition coefficient (Wildman–Crippen LogP) is 1.30. The highest BCUT2D eigenvalue weighted by Crippen LogP contribution is 2.49. The summed E-state index contributed by atoms with van der Waals surface area (Å²) in [5.41, 5.74) is 5.05. The molecule has 2 rings (SSSR count). The van der Waals surface area contributed by atoms with E-state index >= 15 is 0 Å². The van der Waals surface area contributed by atoms with Gasteiger partial charge in [-0.25, -0.2) is 0 Å². The lowest BCUT2D eigenvalue weighted by Crippen LogP contribution is -2.73. The number of nitrogens with zero attached hydrogens (tertiary/aromatic N) is 1. The highest BCUT2D eigenvalue weighted by molar-refractivity contribution is 6.68. The van der Waals surface area contributed by atoms with Crippen LogP contribution in [0.1, 0.15) is 12.8 Å². The van der Waals surface area contributed by atoms with Crippen molar-refractivity contribution in [3.63, 3.8) is 0 Å². The molecular weight excluding hydrogens is 378 g/mol. The van der Waals surface area contributed by atoms with Gasteiger partial charge in [0.2, 0.25) is 0 Å². The van der Waals surface area contributed by atoms with Crippen molar-refractivity contribution in [2.24, 2.45) is 5.73 Å². The third-order valence-corrected chi connectivity index (χ3v) is 9.67. The molecule has 160 valence electrons. The number of anilines is 1. The van der Waals surface area contributed by atoms with Crippen molar-refractivity contribution in [3.05, 3.63) is 30.3 Å². The summed E-state index contributed by atoms with van der Waals surface area (Å²) in [6, 6.07) is 10.1. The van der Waals surface area contributed by atoms with Crippen LogP contribution in [0.3, 0.4) is 0 Å². The molecule has 3 N–H and O–H groups in total. The third kappa shape index (κ3) is 3.73. The second kappa shape index (κ2) is 10.1. The fourth-order valence-electron chi connectivity index (χ4n) is 4.43. The Balaban J connectivity index is 2.25. The SMILES string of the molecule is COC1(CCCNc2ccccc2)CN(CCN)[Si](OC)(OC)C1(OC)OC. The van der Waals surface area contributed by atoms with Gasteiger partial charge in [-0.1, -0.05) is 18.2 Å². The van der Waals surface area contributed by atoms with Crippen molar-refractivity contribution in [1.82, 2.24) is 4.57 Å². The minimum atomic E-state index is -3.13. The van der Waals surface area contributed by atoms with Gasteiger partial charge >= 0.3 is 8.72 Å². The summed E-state index contributed by atoms with van der Waals surface area (Å²) in [5.74, 6) is 0. The quantitative estimate of drug-likeness (QED) is 0.301. The number of hydrogen-bond donors (Lipinski definition) is 2. The monoisotopic (exact) mass is 413 g/mol. The number of rotatable bonds is 12. The van der Waals surface area contributed by atoms with E-state index in [2.05, 4.69) is 9.88 Å². The summed E-state index contributed by atoms with van der Waals surface area (Å²) in [7, 11) is 5.06. The summed E-state index contributed by atoms with van der Waals surface area (Å²) in [4.78, 5) is 0. The first-order valence-electron chi connectivity index (χ1n) is 9.55. The zero-order valence-corrected chi connectivity index (χ0v) is 18.7. The minimum Gasteiger partial charge on any atom is -0.385 e. The van der Waals surface area contributed by atoms with E-state index in [4.69, 9.17) is 28.8 Å². The molecule has 0 aromatic heterocycles. The Hall–Kier alpha value is -1.04. The van der Waals surface area contributed by atoms with Crippen molar-refractivity contribution >= 4 is 14.4 Å². The molecule has 1 aromatic carbocycles. The van der Waals surface area contributed by atoms with Crippen LogP contribution in [0.15, 0.2) is 30.3 Å². The molecule has 1 aliphatic rings. The molecule has 0 spiro atoms. The normalized spacial score (nSPS) is 23.8. The fourth-order valence-corrected chi connectivity index (χ4v) is 8.35. The van der Waals surface area contributed by atoms with E-state index in [0.717, 1.165) is 18.7 Å². The summed E-state index contributed by atoms with van der Waals surface area (Å²) in [6.45, 7) is 2.43. The molecule has 28 heavy (non-hydrogen) atoms. The van der Waals surface area contributed by atoms with Gasteiger partial charge in [0.1, 0.15) is 5.60 Å². The molecular formula is C19H35N3O5Si. The van der Waals surface area contributed by atoms with Crippen molar-refractivity contribution in [3.8, 4) is 0 Å². The number of nitrogens with one attached hydrogen (secondary N) is 1. The van der Waals surface area contributed by atoms with E-state index in [1.165, 1.54) is 0 Å². The van der Waals surface area contributed by atoms with Crippen LogP contribution in [0.2, 0.25) is 0 Å². The van der Waals surface area contributed by atoms with E-state index < -0.39 is 19.7 Å². The van der Waals surface area contributed by atoms with E-state index in [1.54, 1.807) is 35.5 Å². The number of benzene rings is 1. The van der Waals surface area contributed by atoms with Gasteiger partial charge in [0.25, 0.3) is 5.41 Å². The summed E-state index contributed by atoms with van der Waals surface area (Å²) < 4.78 is 32.2. The number of nitrogens with two attached hydrogens (primary N) is 1. The molecule has 8 nitrogen and oxygen atoms in total. The number of hydrogen-bond acceptors (Lipinski definition) is 8. The number of methoxy groups -OCH3 is 3. The van der Waals surface area contributed by atoms with Crippen molar-refractivity contribution in [2.75, 3.05) is 67.0 Å². The van der Waals surface area contributed by atoms with E-state index in [-0.39, 0.29) is 0 Å². The Morgan fingerprint density at radius 1 is 1.04 bits per heavy atom. The van der Waals surface area contributed by atoms with Crippen LogP contribution in [0.5, 0.6) is 0 Å². The molecule has 0 amide bonds. The second-order valence-corrected chi connectivity index (χ2v) is 10.1. The van der Waals surface area contributed by atoms with Crippen LogP contribution in [-0.2, 0) is 23.1 Å². The van der Waals surface area contributed by atoms with Gasteiger partial charge in [0, 0.05) is 67.4 Å². The maximum Gasteiger partial charge on any atom is 0.493 e. The zero-order valence-electron chi connectivity index (χ0n) is 17.7. The molecule has 0 saturated carbocycles. The Labute approximate surface area is 169 Å². The van der Waals surface area contributed by atoms with Crippen molar-refractivity contribution in [2.45, 2.75) is 23.9 Å². The topological polar surface area (TPSA) is 87.4 Å². The smallest absolute Gasteiger partial charge is 0.385 e. The first kappa shape index (κ1) is 23.2. The maximum atomic E-state index is 6.10. The second-order valence-electron chi connectivity index (χ2n) is 6.82. The van der Waals surface area contributed by atoms with Gasteiger partial charge in [0.15, 0.2) is 0 Å². The van der Waals surface area contributed by atoms with Gasteiger partial charge in [-0.15, -0.1) is 0 Å². The number of ether oxygens (including phenoxy) is 3. The lowest BCUT2D eigenvalue weighted by molar-refractivity contribution is -0.266. The Bertz CT molecular complexity index is 586. The average Bonchev–Trinajstić information content (AvgIpc) is 2.98. The standard InChI is InChI=1S/C19H35N3O5Si/c1-23-18(12-9-14-21-17-10-7-6-8-11-17)16-22(15-13-20)28(26-4,27-5)19(18,24-2)25-3/h6-8,10-11,21H,9,12-16,20H2,1-5H3.